The van der Waals surface area contributed by atoms with Crippen molar-refractivity contribution in [3.05, 3.63) is 0 Å². The number of ether oxygens (including phenoxy) is 1. The van der Waals surface area contributed by atoms with Crippen LogP contribution in [0, 0.1) is 0 Å². The number of aliphatic imine (C=N–C) groups is 1. The number of guanidine groups is 1. The van der Waals surface area contributed by atoms with Gasteiger partial charge in [-0.2, -0.15) is 11.8 Å². The highest BCUT2D eigenvalue weighted by Crippen LogP contribution is 2.04. The van der Waals surface area contributed by atoms with Crippen LogP contribution in [0.3, 0.4) is 0 Å². The summed E-state index contributed by atoms with van der Waals surface area (Å²) in [7, 11) is 0. The zero-order valence-corrected chi connectivity index (χ0v) is 11.3. The van der Waals surface area contributed by atoms with E-state index in [4.69, 9.17) is 10.6 Å². The molecule has 0 rings (SSSR count). The van der Waals surface area contributed by atoms with Crippen LogP contribution in [0.4, 0.5) is 0 Å². The van der Waals surface area contributed by atoms with Crippen molar-refractivity contribution in [1.82, 2.24) is 10.7 Å². The van der Waals surface area contributed by atoms with Gasteiger partial charge in [0, 0.05) is 25.0 Å². The Balaban J connectivity index is 3.65. The molecule has 96 valence electrons. The maximum absolute atomic E-state index is 5.36. The van der Waals surface area contributed by atoms with Crippen LogP contribution in [-0.4, -0.2) is 43.8 Å². The summed E-state index contributed by atoms with van der Waals surface area (Å²) in [6.07, 6.45) is 3.03. The van der Waals surface area contributed by atoms with Crippen molar-refractivity contribution >= 4 is 17.7 Å². The molecule has 5 nitrogen and oxygen atoms in total. The number of thioether (sulfide) groups is 1. The van der Waals surface area contributed by atoms with Gasteiger partial charge in [-0.05, 0) is 19.6 Å². The predicted octanol–water partition coefficient (Wildman–Crippen LogP) is 0.573. The molecule has 16 heavy (non-hydrogen) atoms. The molecule has 0 heterocycles. The van der Waals surface area contributed by atoms with Crippen LogP contribution in [-0.2, 0) is 4.74 Å². The number of hydrazine groups is 1. The predicted molar refractivity (Wildman–Crippen MR) is 71.7 cm³/mol. The molecule has 0 aliphatic heterocycles. The van der Waals surface area contributed by atoms with E-state index in [0.717, 1.165) is 32.7 Å². The molecule has 0 fully saturated rings. The molecule has 0 amide bonds. The summed E-state index contributed by atoms with van der Waals surface area (Å²) < 4.78 is 5.23. The molecular weight excluding hydrogens is 224 g/mol. The van der Waals surface area contributed by atoms with Gasteiger partial charge in [-0.15, -0.1) is 0 Å². The van der Waals surface area contributed by atoms with E-state index in [-0.39, 0.29) is 0 Å². The summed E-state index contributed by atoms with van der Waals surface area (Å²) in [5.41, 5.74) is 2.56. The van der Waals surface area contributed by atoms with Crippen LogP contribution in [0.1, 0.15) is 20.3 Å². The first-order valence-electron chi connectivity index (χ1n) is 5.60. The Kier molecular flexibility index (Phi) is 10.7. The molecule has 0 saturated heterocycles. The summed E-state index contributed by atoms with van der Waals surface area (Å²) in [4.78, 5) is 4.34. The molecule has 0 radical (unpaired) electrons. The third kappa shape index (κ3) is 8.82. The lowest BCUT2D eigenvalue weighted by Crippen LogP contribution is -2.42. The van der Waals surface area contributed by atoms with Crippen LogP contribution in [0.15, 0.2) is 4.99 Å². The molecule has 0 bridgehead atoms. The largest absolute Gasteiger partial charge is 0.382 e. The van der Waals surface area contributed by atoms with Crippen molar-refractivity contribution in [2.75, 3.05) is 32.6 Å². The van der Waals surface area contributed by atoms with Gasteiger partial charge in [0.15, 0.2) is 0 Å². The van der Waals surface area contributed by atoms with E-state index in [0.29, 0.717) is 11.2 Å². The van der Waals surface area contributed by atoms with Gasteiger partial charge in [0.25, 0.3) is 0 Å². The summed E-state index contributed by atoms with van der Waals surface area (Å²) in [6, 6.07) is 0. The zero-order chi connectivity index (χ0) is 12.2. The van der Waals surface area contributed by atoms with Crippen LogP contribution in [0.5, 0.6) is 0 Å². The Bertz CT molecular complexity index is 190. The van der Waals surface area contributed by atoms with Gasteiger partial charge >= 0.3 is 0 Å². The second-order valence-electron chi connectivity index (χ2n) is 3.36. The second-order valence-corrected chi connectivity index (χ2v) is 4.63. The number of nitrogens with two attached hydrogens (primary N) is 1. The first kappa shape index (κ1) is 15.5. The van der Waals surface area contributed by atoms with Crippen molar-refractivity contribution in [2.24, 2.45) is 10.8 Å². The number of nitrogens with one attached hydrogen (secondary N) is 2. The van der Waals surface area contributed by atoms with Crippen LogP contribution in [0.2, 0.25) is 0 Å². The van der Waals surface area contributed by atoms with Crippen molar-refractivity contribution in [1.29, 1.82) is 0 Å². The van der Waals surface area contributed by atoms with Gasteiger partial charge in [-0.25, -0.2) is 5.84 Å². The summed E-state index contributed by atoms with van der Waals surface area (Å²) >= 11 is 1.79. The Morgan fingerprint density at radius 3 is 2.88 bits per heavy atom. The molecule has 4 N–H and O–H groups in total. The lowest BCUT2D eigenvalue weighted by atomic mass is 10.4. The van der Waals surface area contributed by atoms with Gasteiger partial charge in [0.05, 0.1) is 6.54 Å². The molecule has 1 unspecified atom stereocenters. The first-order chi connectivity index (χ1) is 7.74. The molecule has 6 heteroatoms. The maximum Gasteiger partial charge on any atom is 0.205 e. The SMILES string of the molecule is CCOCCCNC(=NCC(C)SC)NN. The Morgan fingerprint density at radius 2 is 2.31 bits per heavy atom. The molecule has 1 atom stereocenters. The normalized spacial score (nSPS) is 13.6. The molecular formula is C10H24N4OS. The Hall–Kier alpha value is -0.460. The van der Waals surface area contributed by atoms with Gasteiger partial charge in [-0.3, -0.25) is 10.4 Å². The third-order valence-corrected chi connectivity index (χ3v) is 2.96. The molecule has 0 spiro atoms. The molecule has 0 aliphatic carbocycles. The van der Waals surface area contributed by atoms with E-state index in [1.54, 1.807) is 11.8 Å². The zero-order valence-electron chi connectivity index (χ0n) is 10.5. The van der Waals surface area contributed by atoms with Crippen molar-refractivity contribution in [2.45, 2.75) is 25.5 Å². The van der Waals surface area contributed by atoms with E-state index in [1.807, 2.05) is 6.92 Å². The van der Waals surface area contributed by atoms with E-state index in [9.17, 15) is 0 Å². The highest BCUT2D eigenvalue weighted by molar-refractivity contribution is 7.99. The minimum Gasteiger partial charge on any atom is -0.382 e. The lowest BCUT2D eigenvalue weighted by molar-refractivity contribution is 0.145. The Morgan fingerprint density at radius 1 is 1.56 bits per heavy atom. The van der Waals surface area contributed by atoms with Crippen LogP contribution >= 0.6 is 11.8 Å². The maximum atomic E-state index is 5.36. The fourth-order valence-electron chi connectivity index (χ4n) is 0.972. The van der Waals surface area contributed by atoms with Gasteiger partial charge in [0.1, 0.15) is 0 Å². The van der Waals surface area contributed by atoms with Crippen molar-refractivity contribution < 1.29 is 4.74 Å². The first-order valence-corrected chi connectivity index (χ1v) is 6.88. The average Bonchev–Trinajstić information content (AvgIpc) is 2.32. The molecule has 0 aromatic carbocycles. The number of rotatable bonds is 8. The third-order valence-electron chi connectivity index (χ3n) is 2.01. The van der Waals surface area contributed by atoms with E-state index >= 15 is 0 Å². The lowest BCUT2D eigenvalue weighted by Gasteiger charge is -2.10. The van der Waals surface area contributed by atoms with Gasteiger partial charge < -0.3 is 10.1 Å². The standard InChI is InChI=1S/C10H24N4OS/c1-4-15-7-5-6-12-10(14-11)13-8-9(2)16-3/h9H,4-8,11H2,1-3H3,(H2,12,13,14). The van der Waals surface area contributed by atoms with Gasteiger partial charge in [-0.1, -0.05) is 6.92 Å². The average molecular weight is 248 g/mol. The minimum absolute atomic E-state index is 0.508. The van der Waals surface area contributed by atoms with Crippen molar-refractivity contribution in [3.63, 3.8) is 0 Å². The second kappa shape index (κ2) is 11.0. The topological polar surface area (TPSA) is 71.7 Å². The Labute approximate surface area is 103 Å². The number of nitrogens with zero attached hydrogens (tertiary/aromatic N) is 1. The number of hydrogen-bond acceptors (Lipinski definition) is 4. The van der Waals surface area contributed by atoms with E-state index in [2.05, 4.69) is 28.9 Å². The van der Waals surface area contributed by atoms with E-state index < -0.39 is 0 Å². The summed E-state index contributed by atoms with van der Waals surface area (Å²) in [6.45, 7) is 7.24. The molecule has 0 aromatic heterocycles. The minimum atomic E-state index is 0.508. The monoisotopic (exact) mass is 248 g/mol. The quantitative estimate of drug-likeness (QED) is 0.193. The molecule has 0 saturated carbocycles. The van der Waals surface area contributed by atoms with Gasteiger partial charge in [0.2, 0.25) is 5.96 Å². The summed E-state index contributed by atoms with van der Waals surface area (Å²) in [5.74, 6) is 6.01. The highest BCUT2D eigenvalue weighted by Gasteiger charge is 1.99. The van der Waals surface area contributed by atoms with Crippen molar-refractivity contribution in [3.8, 4) is 0 Å². The smallest absolute Gasteiger partial charge is 0.205 e. The van der Waals surface area contributed by atoms with Crippen LogP contribution < -0.4 is 16.6 Å². The molecule has 0 aromatic rings. The molecule has 0 aliphatic rings. The number of hydrogen-bond donors (Lipinski definition) is 3. The van der Waals surface area contributed by atoms with Crippen LogP contribution in [0.25, 0.3) is 0 Å². The fourth-order valence-corrected chi connectivity index (χ4v) is 1.20. The highest BCUT2D eigenvalue weighted by atomic mass is 32.2. The fraction of sp³-hybridized carbons (Fsp3) is 0.900. The van der Waals surface area contributed by atoms with E-state index in [1.165, 1.54) is 0 Å². The summed E-state index contributed by atoms with van der Waals surface area (Å²) in [5, 5.41) is 3.64.